The van der Waals surface area contributed by atoms with Crippen LogP contribution >= 0.6 is 23.5 Å². The van der Waals surface area contributed by atoms with Crippen LogP contribution in [0.1, 0.15) is 11.4 Å². The van der Waals surface area contributed by atoms with E-state index in [9.17, 15) is 4.79 Å². The van der Waals surface area contributed by atoms with E-state index in [4.69, 9.17) is 0 Å². The van der Waals surface area contributed by atoms with Crippen molar-refractivity contribution in [2.24, 2.45) is 0 Å². The van der Waals surface area contributed by atoms with Crippen molar-refractivity contribution in [2.45, 2.75) is 23.9 Å². The topological polar surface area (TPSA) is 54.9 Å². The number of hydrogen-bond donors (Lipinski definition) is 1. The van der Waals surface area contributed by atoms with E-state index in [-0.39, 0.29) is 5.91 Å². The number of thioether (sulfide) groups is 2. The van der Waals surface area contributed by atoms with Gasteiger partial charge in [0.25, 0.3) is 0 Å². The van der Waals surface area contributed by atoms with E-state index in [2.05, 4.69) is 15.3 Å². The molecule has 0 aliphatic heterocycles. The summed E-state index contributed by atoms with van der Waals surface area (Å²) in [5, 5.41) is 3.56. The minimum Gasteiger partial charge on any atom is -0.324 e. The first kappa shape index (κ1) is 15.9. The Hall–Kier alpha value is -1.53. The number of nitrogens with zero attached hydrogens (tertiary/aromatic N) is 2. The fraction of sp³-hybridized carbons (Fsp3) is 0.267. The molecule has 0 atom stereocenters. The number of aryl methyl sites for hydroxylation is 2. The Kier molecular flexibility index (Phi) is 5.64. The fourth-order valence-electron chi connectivity index (χ4n) is 1.82. The van der Waals surface area contributed by atoms with Crippen LogP contribution in [-0.2, 0) is 4.79 Å². The Labute approximate surface area is 133 Å². The zero-order chi connectivity index (χ0) is 15.2. The molecule has 0 fully saturated rings. The van der Waals surface area contributed by atoms with E-state index in [1.54, 1.807) is 11.8 Å². The SMILES string of the molecule is CSc1ccccc1NC(=O)CSc1nc(C)cc(C)n1. The van der Waals surface area contributed by atoms with Crippen LogP contribution in [0.5, 0.6) is 0 Å². The monoisotopic (exact) mass is 319 g/mol. The van der Waals surface area contributed by atoms with Crippen molar-refractivity contribution in [1.29, 1.82) is 0 Å². The largest absolute Gasteiger partial charge is 0.324 e. The zero-order valence-corrected chi connectivity index (χ0v) is 13.8. The van der Waals surface area contributed by atoms with Gasteiger partial charge in [-0.25, -0.2) is 9.97 Å². The highest BCUT2D eigenvalue weighted by atomic mass is 32.2. The molecule has 110 valence electrons. The number of rotatable bonds is 5. The highest BCUT2D eigenvalue weighted by Gasteiger charge is 2.08. The molecule has 0 saturated heterocycles. The molecule has 1 amide bonds. The Morgan fingerprint density at radius 3 is 2.52 bits per heavy atom. The van der Waals surface area contributed by atoms with Crippen molar-refractivity contribution in [3.05, 3.63) is 41.7 Å². The van der Waals surface area contributed by atoms with Crippen LogP contribution in [0.15, 0.2) is 40.4 Å². The van der Waals surface area contributed by atoms with E-state index in [0.717, 1.165) is 22.0 Å². The molecule has 0 bridgehead atoms. The number of amides is 1. The Bertz CT molecular complexity index is 626. The van der Waals surface area contributed by atoms with E-state index in [1.165, 1.54) is 11.8 Å². The lowest BCUT2D eigenvalue weighted by Gasteiger charge is -2.09. The molecule has 6 heteroatoms. The first-order chi connectivity index (χ1) is 10.1. The third-order valence-corrected chi connectivity index (χ3v) is 4.32. The molecule has 0 radical (unpaired) electrons. The Balaban J connectivity index is 1.96. The smallest absolute Gasteiger partial charge is 0.234 e. The summed E-state index contributed by atoms with van der Waals surface area (Å²) < 4.78 is 0. The van der Waals surface area contributed by atoms with E-state index >= 15 is 0 Å². The number of aromatic nitrogens is 2. The van der Waals surface area contributed by atoms with Gasteiger partial charge in [-0.1, -0.05) is 23.9 Å². The van der Waals surface area contributed by atoms with Gasteiger partial charge in [0, 0.05) is 16.3 Å². The summed E-state index contributed by atoms with van der Waals surface area (Å²) in [4.78, 5) is 21.7. The van der Waals surface area contributed by atoms with E-state index < -0.39 is 0 Å². The number of carbonyl (C=O) groups excluding carboxylic acids is 1. The van der Waals surface area contributed by atoms with Gasteiger partial charge in [-0.2, -0.15) is 0 Å². The normalized spacial score (nSPS) is 10.4. The van der Waals surface area contributed by atoms with Gasteiger partial charge in [0.05, 0.1) is 11.4 Å². The number of carbonyl (C=O) groups is 1. The number of hydrogen-bond acceptors (Lipinski definition) is 5. The first-order valence-electron chi connectivity index (χ1n) is 6.46. The van der Waals surface area contributed by atoms with E-state index in [1.807, 2.05) is 50.4 Å². The van der Waals surface area contributed by atoms with Crippen LogP contribution < -0.4 is 5.32 Å². The predicted octanol–water partition coefficient (Wildman–Crippen LogP) is 3.55. The maximum absolute atomic E-state index is 12.0. The van der Waals surface area contributed by atoms with Gasteiger partial charge in [-0.3, -0.25) is 4.79 Å². The van der Waals surface area contributed by atoms with Crippen LogP contribution in [0.25, 0.3) is 0 Å². The molecule has 0 unspecified atom stereocenters. The number of benzene rings is 1. The lowest BCUT2D eigenvalue weighted by atomic mass is 10.3. The average molecular weight is 319 g/mol. The number of para-hydroxylation sites is 1. The van der Waals surface area contributed by atoms with Gasteiger partial charge in [0.1, 0.15) is 0 Å². The van der Waals surface area contributed by atoms with E-state index in [0.29, 0.717) is 10.9 Å². The van der Waals surface area contributed by atoms with Crippen molar-refractivity contribution in [3.8, 4) is 0 Å². The summed E-state index contributed by atoms with van der Waals surface area (Å²) in [5.74, 6) is 0.246. The molecule has 2 aromatic rings. The summed E-state index contributed by atoms with van der Waals surface area (Å²) in [6.07, 6.45) is 1.99. The number of anilines is 1. The molecule has 1 aromatic carbocycles. The molecular weight excluding hydrogens is 302 g/mol. The molecule has 1 N–H and O–H groups in total. The summed E-state index contributed by atoms with van der Waals surface area (Å²) in [6, 6.07) is 9.68. The summed E-state index contributed by atoms with van der Waals surface area (Å²) in [6.45, 7) is 3.85. The molecule has 1 aromatic heterocycles. The second kappa shape index (κ2) is 7.47. The standard InChI is InChI=1S/C15H17N3OS2/c1-10-8-11(2)17-15(16-10)21-9-14(19)18-12-6-4-5-7-13(12)20-3/h4-8H,9H2,1-3H3,(H,18,19). The molecule has 1 heterocycles. The van der Waals surface area contributed by atoms with Crippen molar-refractivity contribution in [1.82, 2.24) is 9.97 Å². The molecule has 2 rings (SSSR count). The first-order valence-corrected chi connectivity index (χ1v) is 8.67. The third kappa shape index (κ3) is 4.75. The van der Waals surface area contributed by atoms with Gasteiger partial charge in [0.15, 0.2) is 5.16 Å². The quantitative estimate of drug-likeness (QED) is 0.675. The van der Waals surface area contributed by atoms with Crippen LogP contribution in [0.2, 0.25) is 0 Å². The third-order valence-electron chi connectivity index (χ3n) is 2.68. The summed E-state index contributed by atoms with van der Waals surface area (Å²) >= 11 is 2.96. The van der Waals surface area contributed by atoms with Gasteiger partial charge in [-0.15, -0.1) is 11.8 Å². The Morgan fingerprint density at radius 2 is 1.86 bits per heavy atom. The highest BCUT2D eigenvalue weighted by Crippen LogP contribution is 2.25. The van der Waals surface area contributed by atoms with Gasteiger partial charge < -0.3 is 5.32 Å². The van der Waals surface area contributed by atoms with Crippen LogP contribution in [0, 0.1) is 13.8 Å². The maximum atomic E-state index is 12.0. The molecule has 0 aliphatic carbocycles. The second-order valence-electron chi connectivity index (χ2n) is 4.47. The van der Waals surface area contributed by atoms with Gasteiger partial charge in [0.2, 0.25) is 5.91 Å². The highest BCUT2D eigenvalue weighted by molar-refractivity contribution is 7.99. The predicted molar refractivity (Wildman–Crippen MR) is 89.1 cm³/mol. The fourth-order valence-corrected chi connectivity index (χ4v) is 3.13. The number of nitrogens with one attached hydrogen (secondary N) is 1. The molecule has 0 aliphatic rings. The van der Waals surface area contributed by atoms with Gasteiger partial charge in [-0.05, 0) is 38.3 Å². The molecule has 0 spiro atoms. The summed E-state index contributed by atoms with van der Waals surface area (Å²) in [7, 11) is 0. The van der Waals surface area contributed by atoms with Crippen LogP contribution in [0.4, 0.5) is 5.69 Å². The average Bonchev–Trinajstić information content (AvgIpc) is 2.45. The van der Waals surface area contributed by atoms with Crippen LogP contribution in [-0.4, -0.2) is 27.9 Å². The molecular formula is C15H17N3OS2. The van der Waals surface area contributed by atoms with Gasteiger partial charge >= 0.3 is 0 Å². The maximum Gasteiger partial charge on any atom is 0.234 e. The molecule has 21 heavy (non-hydrogen) atoms. The van der Waals surface area contributed by atoms with Crippen molar-refractivity contribution < 1.29 is 4.79 Å². The molecule has 0 saturated carbocycles. The lowest BCUT2D eigenvalue weighted by molar-refractivity contribution is -0.113. The lowest BCUT2D eigenvalue weighted by Crippen LogP contribution is -2.15. The minimum absolute atomic E-state index is 0.0516. The second-order valence-corrected chi connectivity index (χ2v) is 6.26. The van der Waals surface area contributed by atoms with Crippen molar-refractivity contribution in [2.75, 3.05) is 17.3 Å². The minimum atomic E-state index is -0.0516. The van der Waals surface area contributed by atoms with Crippen molar-refractivity contribution >= 4 is 35.1 Å². The zero-order valence-electron chi connectivity index (χ0n) is 12.2. The summed E-state index contributed by atoms with van der Waals surface area (Å²) in [5.41, 5.74) is 2.67. The van der Waals surface area contributed by atoms with Crippen molar-refractivity contribution in [3.63, 3.8) is 0 Å². The Morgan fingerprint density at radius 1 is 1.19 bits per heavy atom. The molecule has 4 nitrogen and oxygen atoms in total. The van der Waals surface area contributed by atoms with Crippen LogP contribution in [0.3, 0.4) is 0 Å².